The van der Waals surface area contributed by atoms with E-state index < -0.39 is 0 Å². The Morgan fingerprint density at radius 2 is 1.75 bits per heavy atom. The van der Waals surface area contributed by atoms with Crippen LogP contribution in [-0.4, -0.2) is 42.5 Å². The van der Waals surface area contributed by atoms with Crippen molar-refractivity contribution in [3.63, 3.8) is 0 Å². The van der Waals surface area contributed by atoms with Gasteiger partial charge < -0.3 is 4.74 Å². The van der Waals surface area contributed by atoms with Crippen molar-refractivity contribution in [2.75, 3.05) is 19.6 Å². The van der Waals surface area contributed by atoms with E-state index >= 15 is 0 Å². The van der Waals surface area contributed by atoms with Crippen LogP contribution in [0.5, 0.6) is 0 Å². The Bertz CT molecular complexity index is 539. The maximum absolute atomic E-state index is 12.8. The molecule has 1 aromatic carbocycles. The van der Waals surface area contributed by atoms with Crippen LogP contribution in [0.1, 0.15) is 63.9 Å². The molecule has 1 aliphatic rings. The minimum atomic E-state index is 0.00698. The highest BCUT2D eigenvalue weighted by atomic mass is 16.5. The summed E-state index contributed by atoms with van der Waals surface area (Å²) in [6.07, 6.45) is 1.57. The zero-order valence-electron chi connectivity index (χ0n) is 16.1. The zero-order valence-corrected chi connectivity index (χ0v) is 16.1. The quantitative estimate of drug-likeness (QED) is 0.728. The largest absolute Gasteiger partial charge is 0.373 e. The summed E-state index contributed by atoms with van der Waals surface area (Å²) in [5.41, 5.74) is 2.28. The number of ether oxygens (including phenoxy) is 1. The summed E-state index contributed by atoms with van der Waals surface area (Å²) < 4.78 is 5.77. The fourth-order valence-corrected chi connectivity index (χ4v) is 3.48. The minimum Gasteiger partial charge on any atom is -0.373 e. The molecule has 0 saturated carbocycles. The molecular weight excluding hydrogens is 298 g/mol. The lowest BCUT2D eigenvalue weighted by Gasteiger charge is -2.36. The maximum atomic E-state index is 12.8. The van der Waals surface area contributed by atoms with Gasteiger partial charge in [-0.05, 0) is 31.2 Å². The van der Waals surface area contributed by atoms with Gasteiger partial charge in [-0.2, -0.15) is 0 Å². The molecule has 134 valence electrons. The Hall–Kier alpha value is -1.19. The summed E-state index contributed by atoms with van der Waals surface area (Å²) in [6, 6.07) is 8.22. The number of carbonyl (C=O) groups is 1. The highest BCUT2D eigenvalue weighted by Gasteiger charge is 2.26. The summed E-state index contributed by atoms with van der Waals surface area (Å²) in [6.45, 7) is 15.5. The highest BCUT2D eigenvalue weighted by molar-refractivity contribution is 5.97. The first kappa shape index (κ1) is 19.1. The molecule has 1 heterocycles. The van der Waals surface area contributed by atoms with Gasteiger partial charge in [0.25, 0.3) is 0 Å². The molecule has 0 spiro atoms. The van der Waals surface area contributed by atoms with Gasteiger partial charge in [-0.25, -0.2) is 0 Å². The molecule has 0 aliphatic carbocycles. The van der Waals surface area contributed by atoms with Crippen molar-refractivity contribution >= 4 is 5.78 Å². The molecule has 0 N–H and O–H groups in total. The zero-order chi connectivity index (χ0) is 17.9. The molecule has 0 bridgehead atoms. The van der Waals surface area contributed by atoms with Crippen LogP contribution in [0.4, 0.5) is 0 Å². The van der Waals surface area contributed by atoms with E-state index in [0.717, 1.165) is 31.6 Å². The van der Waals surface area contributed by atoms with E-state index in [-0.39, 0.29) is 29.3 Å². The molecule has 3 nitrogen and oxygen atoms in total. The van der Waals surface area contributed by atoms with Crippen LogP contribution in [0.15, 0.2) is 24.3 Å². The molecular formula is C21H33NO2. The van der Waals surface area contributed by atoms with Gasteiger partial charge in [-0.3, -0.25) is 9.69 Å². The van der Waals surface area contributed by atoms with Crippen molar-refractivity contribution in [3.05, 3.63) is 35.4 Å². The van der Waals surface area contributed by atoms with E-state index in [4.69, 9.17) is 4.74 Å². The molecule has 1 fully saturated rings. The average molecular weight is 332 g/mol. The average Bonchev–Trinajstić information content (AvgIpc) is 2.53. The number of rotatable bonds is 6. The Morgan fingerprint density at radius 3 is 2.25 bits per heavy atom. The number of nitrogens with zero attached hydrogens (tertiary/aromatic N) is 1. The Balaban J connectivity index is 2.00. The van der Waals surface area contributed by atoms with Crippen molar-refractivity contribution in [2.24, 2.45) is 5.92 Å². The topological polar surface area (TPSA) is 29.5 Å². The third-order valence-corrected chi connectivity index (χ3v) is 5.31. The van der Waals surface area contributed by atoms with Gasteiger partial charge in [0, 0.05) is 31.1 Å². The maximum Gasteiger partial charge on any atom is 0.166 e. The van der Waals surface area contributed by atoms with Gasteiger partial charge >= 0.3 is 0 Å². The molecule has 3 heteroatoms. The number of Topliss-reactive ketones (excluding diaryl/α,β-unsaturated/α-hetero) is 1. The smallest absolute Gasteiger partial charge is 0.166 e. The molecule has 0 radical (unpaired) electrons. The first-order valence-electron chi connectivity index (χ1n) is 9.25. The molecule has 2 rings (SSSR count). The van der Waals surface area contributed by atoms with Crippen molar-refractivity contribution in [1.82, 2.24) is 4.90 Å². The van der Waals surface area contributed by atoms with E-state index in [1.54, 1.807) is 0 Å². The monoisotopic (exact) mass is 331 g/mol. The molecule has 0 unspecified atom stereocenters. The highest BCUT2D eigenvalue weighted by Crippen LogP contribution is 2.27. The predicted molar refractivity (Wildman–Crippen MR) is 99.7 cm³/mol. The molecule has 0 amide bonds. The van der Waals surface area contributed by atoms with Crippen molar-refractivity contribution in [2.45, 2.75) is 65.6 Å². The summed E-state index contributed by atoms with van der Waals surface area (Å²) >= 11 is 0. The number of hydrogen-bond acceptors (Lipinski definition) is 3. The van der Waals surface area contributed by atoms with Gasteiger partial charge in [0.2, 0.25) is 0 Å². The van der Waals surface area contributed by atoms with Crippen molar-refractivity contribution < 1.29 is 9.53 Å². The van der Waals surface area contributed by atoms with Crippen LogP contribution >= 0.6 is 0 Å². The lowest BCUT2D eigenvalue weighted by atomic mass is 9.81. The fourth-order valence-electron chi connectivity index (χ4n) is 3.48. The van der Waals surface area contributed by atoms with Crippen LogP contribution in [0.2, 0.25) is 0 Å². The normalized spacial score (nSPS) is 23.9. The second-order valence-electron chi connectivity index (χ2n) is 8.06. The van der Waals surface area contributed by atoms with Crippen molar-refractivity contribution in [3.8, 4) is 0 Å². The Morgan fingerprint density at radius 1 is 1.21 bits per heavy atom. The van der Waals surface area contributed by atoms with Crippen LogP contribution in [0.3, 0.4) is 0 Å². The van der Waals surface area contributed by atoms with Gasteiger partial charge in [0.15, 0.2) is 5.78 Å². The summed E-state index contributed by atoms with van der Waals surface area (Å²) in [5, 5.41) is 0. The Kier molecular flexibility index (Phi) is 6.22. The molecule has 1 aliphatic heterocycles. The van der Waals surface area contributed by atoms with Crippen LogP contribution in [-0.2, 0) is 10.2 Å². The van der Waals surface area contributed by atoms with Crippen LogP contribution in [0, 0.1) is 5.92 Å². The number of ketones is 1. The number of hydrogen-bond donors (Lipinski definition) is 0. The first-order valence-corrected chi connectivity index (χ1v) is 9.25. The SMILES string of the molecule is CCC(C)(C)c1ccc(C(=O)[C@H](C)CN2C[C@@H](C)O[C@@H](C)C2)cc1. The van der Waals surface area contributed by atoms with E-state index in [1.807, 2.05) is 19.1 Å². The molecule has 0 aromatic heterocycles. The van der Waals surface area contributed by atoms with Gasteiger partial charge in [-0.15, -0.1) is 0 Å². The standard InChI is InChI=1S/C21H33NO2/c1-7-21(5,6)19-10-8-18(9-11-19)20(23)15(2)12-22-13-16(3)24-17(4)14-22/h8-11,15-17H,7,12-14H2,1-6H3/t15-,16-,17+/m1/s1. The molecule has 24 heavy (non-hydrogen) atoms. The number of carbonyl (C=O) groups excluding carboxylic acids is 1. The van der Waals surface area contributed by atoms with Gasteiger partial charge in [-0.1, -0.05) is 52.0 Å². The van der Waals surface area contributed by atoms with Crippen molar-refractivity contribution in [1.29, 1.82) is 0 Å². The van der Waals surface area contributed by atoms with E-state index in [2.05, 4.69) is 51.7 Å². The minimum absolute atomic E-state index is 0.00698. The van der Waals surface area contributed by atoms with E-state index in [0.29, 0.717) is 0 Å². The van der Waals surface area contributed by atoms with Crippen LogP contribution < -0.4 is 0 Å². The lowest BCUT2D eigenvalue weighted by molar-refractivity contribution is -0.0700. The predicted octanol–water partition coefficient (Wildman–Crippen LogP) is 4.30. The Labute approximate surface area is 147 Å². The second-order valence-corrected chi connectivity index (χ2v) is 8.06. The lowest BCUT2D eigenvalue weighted by Crippen LogP contribution is -2.47. The summed E-state index contributed by atoms with van der Waals surface area (Å²) in [5.74, 6) is 0.246. The van der Waals surface area contributed by atoms with E-state index in [1.165, 1.54) is 5.56 Å². The fraction of sp³-hybridized carbons (Fsp3) is 0.667. The molecule has 1 saturated heterocycles. The first-order chi connectivity index (χ1) is 11.2. The third kappa shape index (κ3) is 4.67. The number of morpholine rings is 1. The van der Waals surface area contributed by atoms with Gasteiger partial charge in [0.1, 0.15) is 0 Å². The van der Waals surface area contributed by atoms with Crippen LogP contribution in [0.25, 0.3) is 0 Å². The van der Waals surface area contributed by atoms with Gasteiger partial charge in [0.05, 0.1) is 12.2 Å². The number of benzene rings is 1. The summed E-state index contributed by atoms with van der Waals surface area (Å²) in [7, 11) is 0. The van der Waals surface area contributed by atoms with E-state index in [9.17, 15) is 4.79 Å². The molecule has 3 atom stereocenters. The summed E-state index contributed by atoms with van der Waals surface area (Å²) in [4.78, 5) is 15.1. The molecule has 1 aromatic rings. The second kappa shape index (κ2) is 7.79. The third-order valence-electron chi connectivity index (χ3n) is 5.31.